The fourth-order valence-corrected chi connectivity index (χ4v) is 2.57. The van der Waals surface area contributed by atoms with Crippen LogP contribution in [0.25, 0.3) is 6.08 Å². The lowest BCUT2D eigenvalue weighted by atomic mass is 10.1. The predicted octanol–water partition coefficient (Wildman–Crippen LogP) is 2.92. The molecule has 0 spiro atoms. The first-order valence-corrected chi connectivity index (χ1v) is 8.43. The first kappa shape index (κ1) is 19.2. The molecule has 0 aliphatic rings. The van der Waals surface area contributed by atoms with Gasteiger partial charge in [0, 0.05) is 31.1 Å². The topological polar surface area (TPSA) is 72.6 Å². The molecule has 0 radical (unpaired) electrons. The average molecular weight is 352 g/mol. The normalized spacial score (nSPS) is 10.7. The molecule has 0 saturated carbocycles. The van der Waals surface area contributed by atoms with E-state index in [0.29, 0.717) is 12.3 Å². The number of rotatable bonds is 8. The summed E-state index contributed by atoms with van der Waals surface area (Å²) in [6, 6.07) is 15.4. The minimum atomic E-state index is -0.430. The smallest absolute Gasteiger partial charge is 0.246 e. The monoisotopic (exact) mass is 352 g/mol. The van der Waals surface area contributed by atoms with Crippen LogP contribution in [0.2, 0.25) is 0 Å². The van der Waals surface area contributed by atoms with Crippen LogP contribution in [0.5, 0.6) is 5.75 Å². The maximum absolute atomic E-state index is 12.7. The van der Waals surface area contributed by atoms with Crippen LogP contribution in [0, 0.1) is 6.92 Å². The Morgan fingerprint density at radius 2 is 1.88 bits per heavy atom. The van der Waals surface area contributed by atoms with Gasteiger partial charge in [-0.05, 0) is 30.7 Å². The van der Waals surface area contributed by atoms with Gasteiger partial charge in [-0.3, -0.25) is 9.59 Å². The van der Waals surface area contributed by atoms with Crippen LogP contribution in [0.3, 0.4) is 0 Å². The van der Waals surface area contributed by atoms with E-state index in [2.05, 4.69) is 0 Å². The number of hydrogen-bond donors (Lipinski definition) is 1. The summed E-state index contributed by atoms with van der Waals surface area (Å²) < 4.78 is 5.33. The van der Waals surface area contributed by atoms with E-state index in [4.69, 9.17) is 10.5 Å². The molecule has 5 heteroatoms. The minimum absolute atomic E-state index is 0.125. The van der Waals surface area contributed by atoms with Crippen molar-refractivity contribution in [1.82, 2.24) is 4.90 Å². The number of aryl methyl sites for hydroxylation is 1. The summed E-state index contributed by atoms with van der Waals surface area (Å²) in [6.07, 6.45) is 3.36. The summed E-state index contributed by atoms with van der Waals surface area (Å²) in [5.74, 6) is 0.0882. The van der Waals surface area contributed by atoms with Crippen molar-refractivity contribution < 1.29 is 14.3 Å². The Labute approximate surface area is 154 Å². The highest BCUT2D eigenvalue weighted by Gasteiger charge is 2.13. The number of carbonyl (C=O) groups is 2. The Kier molecular flexibility index (Phi) is 6.97. The lowest BCUT2D eigenvalue weighted by Gasteiger charge is -2.21. The van der Waals surface area contributed by atoms with Crippen molar-refractivity contribution in [2.45, 2.75) is 19.9 Å². The van der Waals surface area contributed by atoms with Gasteiger partial charge in [0.25, 0.3) is 0 Å². The van der Waals surface area contributed by atoms with Gasteiger partial charge in [-0.15, -0.1) is 0 Å². The molecule has 0 heterocycles. The van der Waals surface area contributed by atoms with Gasteiger partial charge in [-0.2, -0.15) is 0 Å². The van der Waals surface area contributed by atoms with E-state index < -0.39 is 5.91 Å². The highest BCUT2D eigenvalue weighted by molar-refractivity contribution is 5.92. The van der Waals surface area contributed by atoms with E-state index >= 15 is 0 Å². The van der Waals surface area contributed by atoms with Crippen molar-refractivity contribution in [3.8, 4) is 5.75 Å². The van der Waals surface area contributed by atoms with E-state index in [9.17, 15) is 9.59 Å². The molecular formula is C21H24N2O3. The van der Waals surface area contributed by atoms with Gasteiger partial charge >= 0.3 is 0 Å². The molecule has 136 valence electrons. The van der Waals surface area contributed by atoms with Gasteiger partial charge in [0.15, 0.2) is 0 Å². The third-order valence-electron chi connectivity index (χ3n) is 3.95. The zero-order chi connectivity index (χ0) is 18.9. The molecular weight excluding hydrogens is 328 g/mol. The molecule has 0 saturated heterocycles. The van der Waals surface area contributed by atoms with Crippen LogP contribution in [-0.4, -0.2) is 30.4 Å². The summed E-state index contributed by atoms with van der Waals surface area (Å²) in [5, 5.41) is 0. The molecule has 2 N–H and O–H groups in total. The molecule has 2 rings (SSSR count). The van der Waals surface area contributed by atoms with Crippen molar-refractivity contribution >= 4 is 17.9 Å². The zero-order valence-electron chi connectivity index (χ0n) is 15.1. The lowest BCUT2D eigenvalue weighted by Crippen LogP contribution is -2.32. The predicted molar refractivity (Wildman–Crippen MR) is 102 cm³/mol. The van der Waals surface area contributed by atoms with E-state index in [1.165, 1.54) is 6.08 Å². The van der Waals surface area contributed by atoms with Crippen molar-refractivity contribution in [2.24, 2.45) is 5.73 Å². The summed E-state index contributed by atoms with van der Waals surface area (Å²) in [6.45, 7) is 2.67. The van der Waals surface area contributed by atoms with Gasteiger partial charge in [0.05, 0.1) is 7.11 Å². The number of ether oxygens (including phenoxy) is 1. The number of primary amides is 1. The van der Waals surface area contributed by atoms with Crippen LogP contribution < -0.4 is 10.5 Å². The third kappa shape index (κ3) is 5.77. The second-order valence-electron chi connectivity index (χ2n) is 6.04. The molecule has 2 aromatic rings. The lowest BCUT2D eigenvalue weighted by molar-refractivity contribution is -0.127. The summed E-state index contributed by atoms with van der Waals surface area (Å²) >= 11 is 0. The quantitative estimate of drug-likeness (QED) is 0.743. The molecule has 0 bridgehead atoms. The number of hydrogen-bond acceptors (Lipinski definition) is 3. The van der Waals surface area contributed by atoms with Crippen LogP contribution in [-0.2, 0) is 16.1 Å². The minimum Gasteiger partial charge on any atom is -0.496 e. The summed E-state index contributed by atoms with van der Waals surface area (Å²) in [5.41, 5.74) is 8.14. The largest absolute Gasteiger partial charge is 0.496 e. The molecule has 5 nitrogen and oxygen atoms in total. The highest BCUT2D eigenvalue weighted by atomic mass is 16.5. The molecule has 2 amide bonds. The van der Waals surface area contributed by atoms with Crippen molar-refractivity contribution in [1.29, 1.82) is 0 Å². The van der Waals surface area contributed by atoms with Gasteiger partial charge in [-0.1, -0.05) is 42.0 Å². The molecule has 0 atom stereocenters. The summed E-state index contributed by atoms with van der Waals surface area (Å²) in [7, 11) is 1.60. The number of amides is 2. The number of carbonyl (C=O) groups excluding carboxylic acids is 2. The maximum atomic E-state index is 12.7. The first-order chi connectivity index (χ1) is 12.5. The summed E-state index contributed by atoms with van der Waals surface area (Å²) in [4.78, 5) is 25.4. The molecule has 0 fully saturated rings. The first-order valence-electron chi connectivity index (χ1n) is 8.43. The van der Waals surface area contributed by atoms with Crippen molar-refractivity contribution in [2.75, 3.05) is 13.7 Å². The fraction of sp³-hybridized carbons (Fsp3) is 0.238. The average Bonchev–Trinajstić information content (AvgIpc) is 2.64. The van der Waals surface area contributed by atoms with E-state index in [1.54, 1.807) is 18.1 Å². The van der Waals surface area contributed by atoms with Crippen LogP contribution in [0.4, 0.5) is 0 Å². The molecule has 2 aromatic carbocycles. The second kappa shape index (κ2) is 9.42. The van der Waals surface area contributed by atoms with Gasteiger partial charge in [0.1, 0.15) is 5.75 Å². The van der Waals surface area contributed by atoms with Crippen molar-refractivity contribution in [3.63, 3.8) is 0 Å². The van der Waals surface area contributed by atoms with Gasteiger partial charge in [-0.25, -0.2) is 0 Å². The molecule has 26 heavy (non-hydrogen) atoms. The van der Waals surface area contributed by atoms with Gasteiger partial charge in [0.2, 0.25) is 11.8 Å². The van der Waals surface area contributed by atoms with E-state index in [-0.39, 0.29) is 18.9 Å². The Hall–Kier alpha value is -3.08. The SMILES string of the molecule is COc1ccc(C)cc1/C=C/C(=O)N(CCC(N)=O)Cc1ccccc1. The number of benzene rings is 2. The third-order valence-corrected chi connectivity index (χ3v) is 3.95. The van der Waals surface area contributed by atoms with E-state index in [0.717, 1.165) is 16.7 Å². The second-order valence-corrected chi connectivity index (χ2v) is 6.04. The van der Waals surface area contributed by atoms with Gasteiger partial charge < -0.3 is 15.4 Å². The standard InChI is InChI=1S/C21H24N2O3/c1-16-8-10-19(26-2)18(14-16)9-11-21(25)23(13-12-20(22)24)15-17-6-4-3-5-7-17/h3-11,14H,12-13,15H2,1-2H3,(H2,22,24)/b11-9+. The Morgan fingerprint density at radius 1 is 1.15 bits per heavy atom. The zero-order valence-corrected chi connectivity index (χ0v) is 15.1. The molecule has 0 aromatic heterocycles. The number of nitrogens with two attached hydrogens (primary N) is 1. The van der Waals surface area contributed by atoms with Crippen molar-refractivity contribution in [3.05, 3.63) is 71.3 Å². The maximum Gasteiger partial charge on any atom is 0.246 e. The Balaban J connectivity index is 2.17. The molecule has 0 aliphatic heterocycles. The Morgan fingerprint density at radius 3 is 2.54 bits per heavy atom. The van der Waals surface area contributed by atoms with E-state index in [1.807, 2.05) is 55.5 Å². The Bertz CT molecular complexity index is 785. The molecule has 0 aliphatic carbocycles. The fourth-order valence-electron chi connectivity index (χ4n) is 2.57. The molecule has 0 unspecified atom stereocenters. The number of nitrogens with zero attached hydrogens (tertiary/aromatic N) is 1. The number of methoxy groups -OCH3 is 1. The highest BCUT2D eigenvalue weighted by Crippen LogP contribution is 2.21. The van der Waals surface area contributed by atoms with Crippen LogP contribution in [0.15, 0.2) is 54.6 Å². The van der Waals surface area contributed by atoms with Crippen LogP contribution in [0.1, 0.15) is 23.1 Å². The van der Waals surface area contributed by atoms with Crippen LogP contribution >= 0.6 is 0 Å².